The Hall–Kier alpha value is -3.21. The Bertz CT molecular complexity index is 790. The van der Waals surface area contributed by atoms with Crippen molar-refractivity contribution in [2.45, 2.75) is 0 Å². The number of hydrogen-bond acceptors (Lipinski definition) is 3. The lowest BCUT2D eigenvalue weighted by molar-refractivity contribution is -0.384. The van der Waals surface area contributed by atoms with E-state index in [9.17, 15) is 14.9 Å². The first-order valence-corrected chi connectivity index (χ1v) is 6.68. The highest BCUT2D eigenvalue weighted by atomic mass is 16.6. The Morgan fingerprint density at radius 1 is 1.00 bits per heavy atom. The number of nitrogens with one attached hydrogen (secondary N) is 1. The zero-order valence-corrected chi connectivity index (χ0v) is 11.5. The summed E-state index contributed by atoms with van der Waals surface area (Å²) in [6.07, 6.45) is 3.48. The molecule has 0 unspecified atom stereocenters. The number of nitro groups is 1. The molecule has 0 saturated heterocycles. The number of carbonyl (C=O) groups excluding carboxylic acids is 1. The fraction of sp³-hybridized carbons (Fsp3) is 0. The summed E-state index contributed by atoms with van der Waals surface area (Å²) in [6, 6.07) is 15.6. The van der Waals surface area contributed by atoms with E-state index in [4.69, 9.17) is 0 Å². The quantitative estimate of drug-likeness (QED) is 0.536. The molecule has 5 heteroatoms. The summed E-state index contributed by atoms with van der Waals surface area (Å²) in [7, 11) is 0. The number of rotatable bonds is 3. The number of benzene rings is 2. The highest BCUT2D eigenvalue weighted by Gasteiger charge is 2.18. The molecule has 1 aliphatic rings. The Morgan fingerprint density at radius 2 is 1.68 bits per heavy atom. The Balaban J connectivity index is 1.89. The number of nitrogens with zero attached hydrogens (tertiary/aromatic N) is 1. The molecule has 22 heavy (non-hydrogen) atoms. The van der Waals surface area contributed by atoms with Crippen molar-refractivity contribution >= 4 is 23.4 Å². The van der Waals surface area contributed by atoms with Gasteiger partial charge < -0.3 is 5.32 Å². The highest BCUT2D eigenvalue weighted by molar-refractivity contribution is 6.10. The van der Waals surface area contributed by atoms with Gasteiger partial charge in [-0.1, -0.05) is 30.3 Å². The van der Waals surface area contributed by atoms with Crippen LogP contribution in [0, 0.1) is 10.1 Å². The maximum absolute atomic E-state index is 12.0. The molecule has 0 aliphatic carbocycles. The molecule has 3 rings (SSSR count). The van der Waals surface area contributed by atoms with Gasteiger partial charge in [0.05, 0.1) is 4.92 Å². The minimum absolute atomic E-state index is 0.0264. The molecule has 5 nitrogen and oxygen atoms in total. The van der Waals surface area contributed by atoms with Crippen LogP contribution in [0.2, 0.25) is 0 Å². The van der Waals surface area contributed by atoms with Gasteiger partial charge in [-0.2, -0.15) is 0 Å². The Morgan fingerprint density at radius 3 is 2.32 bits per heavy atom. The average Bonchev–Trinajstić information content (AvgIpc) is 2.90. The second-order valence-electron chi connectivity index (χ2n) is 4.83. The number of carbonyl (C=O) groups is 1. The van der Waals surface area contributed by atoms with Crippen molar-refractivity contribution in [1.82, 2.24) is 5.32 Å². The van der Waals surface area contributed by atoms with Crippen molar-refractivity contribution in [2.75, 3.05) is 0 Å². The summed E-state index contributed by atoms with van der Waals surface area (Å²) in [6.45, 7) is 0. The van der Waals surface area contributed by atoms with E-state index in [0.717, 1.165) is 16.8 Å². The van der Waals surface area contributed by atoms with Crippen LogP contribution in [0.15, 0.2) is 66.2 Å². The lowest BCUT2D eigenvalue weighted by Crippen LogP contribution is -2.15. The molecule has 0 fully saturated rings. The van der Waals surface area contributed by atoms with Crippen molar-refractivity contribution in [3.05, 3.63) is 87.5 Å². The van der Waals surface area contributed by atoms with Crippen LogP contribution in [0.25, 0.3) is 11.8 Å². The third kappa shape index (κ3) is 2.78. The smallest absolute Gasteiger partial charge is 0.269 e. The van der Waals surface area contributed by atoms with E-state index in [-0.39, 0.29) is 11.6 Å². The predicted octanol–water partition coefficient (Wildman–Crippen LogP) is 3.15. The average molecular weight is 292 g/mol. The fourth-order valence-electron chi connectivity index (χ4n) is 2.20. The van der Waals surface area contributed by atoms with E-state index in [1.165, 1.54) is 12.1 Å². The third-order valence-electron chi connectivity index (χ3n) is 3.32. The van der Waals surface area contributed by atoms with Crippen molar-refractivity contribution < 1.29 is 9.72 Å². The second kappa shape index (κ2) is 5.65. The van der Waals surface area contributed by atoms with Crippen LogP contribution in [0.3, 0.4) is 0 Å². The lowest BCUT2D eigenvalue weighted by Gasteiger charge is -2.01. The van der Waals surface area contributed by atoms with Gasteiger partial charge in [0.15, 0.2) is 0 Å². The van der Waals surface area contributed by atoms with Gasteiger partial charge in [0.2, 0.25) is 0 Å². The molecule has 2 aromatic carbocycles. The summed E-state index contributed by atoms with van der Waals surface area (Å²) >= 11 is 0. The van der Waals surface area contributed by atoms with E-state index >= 15 is 0 Å². The van der Waals surface area contributed by atoms with Gasteiger partial charge in [-0.15, -0.1) is 0 Å². The highest BCUT2D eigenvalue weighted by Crippen LogP contribution is 2.22. The maximum Gasteiger partial charge on any atom is 0.269 e. The Kier molecular flexibility index (Phi) is 3.53. The second-order valence-corrected chi connectivity index (χ2v) is 4.83. The zero-order valence-electron chi connectivity index (χ0n) is 11.5. The number of nitro benzene ring substituents is 1. The molecule has 108 valence electrons. The number of non-ortho nitro benzene ring substituents is 1. The Labute approximate surface area is 126 Å². The molecule has 0 spiro atoms. The van der Waals surface area contributed by atoms with E-state index in [2.05, 4.69) is 5.32 Å². The van der Waals surface area contributed by atoms with Gasteiger partial charge in [-0.25, -0.2) is 0 Å². The molecule has 0 bridgehead atoms. The van der Waals surface area contributed by atoms with Crippen LogP contribution < -0.4 is 5.32 Å². The summed E-state index contributed by atoms with van der Waals surface area (Å²) in [4.78, 5) is 22.2. The van der Waals surface area contributed by atoms with E-state index in [1.807, 2.05) is 30.3 Å². The summed E-state index contributed by atoms with van der Waals surface area (Å²) in [5, 5.41) is 13.4. The third-order valence-corrected chi connectivity index (χ3v) is 3.32. The first kappa shape index (κ1) is 13.8. The summed E-state index contributed by atoms with van der Waals surface area (Å²) in [5.74, 6) is -0.183. The SMILES string of the molecule is O=C1NC(c2ccccc2)=C/C1=C\c1ccc([N+](=O)[O-])cc1. The largest absolute Gasteiger partial charge is 0.321 e. The van der Waals surface area contributed by atoms with Gasteiger partial charge in [-0.05, 0) is 35.4 Å². The molecule has 0 radical (unpaired) electrons. The van der Waals surface area contributed by atoms with E-state index in [1.54, 1.807) is 24.3 Å². The topological polar surface area (TPSA) is 72.2 Å². The minimum atomic E-state index is -0.452. The minimum Gasteiger partial charge on any atom is -0.321 e. The zero-order chi connectivity index (χ0) is 15.5. The number of hydrogen-bond donors (Lipinski definition) is 1. The molecule has 0 saturated carbocycles. The molecular formula is C17H12N2O3. The van der Waals surface area contributed by atoms with Crippen molar-refractivity contribution in [2.24, 2.45) is 0 Å². The van der Waals surface area contributed by atoms with Gasteiger partial charge in [0.1, 0.15) is 0 Å². The van der Waals surface area contributed by atoms with Crippen molar-refractivity contribution in [3.63, 3.8) is 0 Å². The van der Waals surface area contributed by atoms with Crippen LogP contribution in [0.5, 0.6) is 0 Å². The van der Waals surface area contributed by atoms with Crippen LogP contribution in [-0.4, -0.2) is 10.8 Å². The van der Waals surface area contributed by atoms with Crippen LogP contribution in [-0.2, 0) is 4.79 Å². The standard InChI is InChI=1S/C17H12N2O3/c20-17-14(10-12-6-8-15(9-7-12)19(21)22)11-16(18-17)13-4-2-1-3-5-13/h1-11H,(H,18,20)/b14-10+. The molecule has 0 atom stereocenters. The maximum atomic E-state index is 12.0. The van der Waals surface area contributed by atoms with Gasteiger partial charge >= 0.3 is 0 Å². The summed E-state index contributed by atoms with van der Waals surface area (Å²) in [5.41, 5.74) is 2.97. The molecule has 1 N–H and O–H groups in total. The molecule has 2 aromatic rings. The van der Waals surface area contributed by atoms with Crippen LogP contribution in [0.4, 0.5) is 5.69 Å². The van der Waals surface area contributed by atoms with Gasteiger partial charge in [0, 0.05) is 23.4 Å². The summed E-state index contributed by atoms with van der Waals surface area (Å²) < 4.78 is 0. The molecule has 0 aromatic heterocycles. The predicted molar refractivity (Wildman–Crippen MR) is 83.6 cm³/mol. The molecule has 1 aliphatic heterocycles. The van der Waals surface area contributed by atoms with Crippen LogP contribution in [0.1, 0.15) is 11.1 Å². The molecule has 1 amide bonds. The fourth-order valence-corrected chi connectivity index (χ4v) is 2.20. The first-order valence-electron chi connectivity index (χ1n) is 6.68. The van der Waals surface area contributed by atoms with E-state index < -0.39 is 4.92 Å². The monoisotopic (exact) mass is 292 g/mol. The molecular weight excluding hydrogens is 280 g/mol. The van der Waals surface area contributed by atoms with Crippen molar-refractivity contribution in [3.8, 4) is 0 Å². The van der Waals surface area contributed by atoms with Crippen molar-refractivity contribution in [1.29, 1.82) is 0 Å². The van der Waals surface area contributed by atoms with Gasteiger partial charge in [0.25, 0.3) is 11.6 Å². The molecule has 1 heterocycles. The van der Waals surface area contributed by atoms with Gasteiger partial charge in [-0.3, -0.25) is 14.9 Å². The normalized spacial score (nSPS) is 15.5. The lowest BCUT2D eigenvalue weighted by atomic mass is 10.1. The number of amides is 1. The van der Waals surface area contributed by atoms with Crippen LogP contribution >= 0.6 is 0 Å². The first-order chi connectivity index (χ1) is 10.6. The van der Waals surface area contributed by atoms with E-state index in [0.29, 0.717) is 5.57 Å².